The van der Waals surface area contributed by atoms with Crippen LogP contribution in [-0.2, 0) is 11.3 Å². The Balaban J connectivity index is 1.93. The molecule has 2 heterocycles. The van der Waals surface area contributed by atoms with Crippen molar-refractivity contribution >= 4 is 22.6 Å². The standard InChI is InChI=1S/C25H24N4O4/c1-15-8-7-9-18(12-15)27-21(30)14-28-24(31)22-16(2)13-17(3)26-23(22)29(25(28)32)19-10-5-6-11-20(19)33-4/h5-13H,14H2,1-4H3,(H,27,30). The molecule has 168 valence electrons. The van der Waals surface area contributed by atoms with Gasteiger partial charge in [0.15, 0.2) is 5.65 Å². The highest BCUT2D eigenvalue weighted by atomic mass is 16.5. The van der Waals surface area contributed by atoms with Crippen molar-refractivity contribution in [3.8, 4) is 11.4 Å². The molecule has 2 aromatic heterocycles. The highest BCUT2D eigenvalue weighted by Crippen LogP contribution is 2.24. The third-order valence-electron chi connectivity index (χ3n) is 5.35. The Kier molecular flexibility index (Phi) is 5.83. The number of carbonyl (C=O) groups excluding carboxylic acids is 1. The van der Waals surface area contributed by atoms with Gasteiger partial charge in [-0.1, -0.05) is 24.3 Å². The second-order valence-electron chi connectivity index (χ2n) is 7.88. The number of anilines is 1. The molecule has 8 heteroatoms. The van der Waals surface area contributed by atoms with Gasteiger partial charge in [-0.15, -0.1) is 0 Å². The number of hydrogen-bond acceptors (Lipinski definition) is 5. The van der Waals surface area contributed by atoms with Gasteiger partial charge in [-0.05, 0) is 62.2 Å². The molecular weight excluding hydrogens is 420 g/mol. The van der Waals surface area contributed by atoms with Crippen LogP contribution in [0.15, 0.2) is 64.2 Å². The molecule has 1 N–H and O–H groups in total. The molecule has 0 aliphatic heterocycles. The summed E-state index contributed by atoms with van der Waals surface area (Å²) in [7, 11) is 1.50. The van der Waals surface area contributed by atoms with Crippen LogP contribution in [0, 0.1) is 20.8 Å². The Labute approximate surface area is 190 Å². The largest absolute Gasteiger partial charge is 0.495 e. The summed E-state index contributed by atoms with van der Waals surface area (Å²) in [5.41, 5.74) is 2.32. The van der Waals surface area contributed by atoms with Crippen molar-refractivity contribution in [2.24, 2.45) is 0 Å². The molecule has 0 unspecified atom stereocenters. The number of pyridine rings is 1. The van der Waals surface area contributed by atoms with Crippen molar-refractivity contribution in [3.05, 3.63) is 92.3 Å². The zero-order valence-electron chi connectivity index (χ0n) is 18.9. The van der Waals surface area contributed by atoms with Crippen LogP contribution in [0.3, 0.4) is 0 Å². The summed E-state index contributed by atoms with van der Waals surface area (Å²) < 4.78 is 7.71. The fourth-order valence-corrected chi connectivity index (χ4v) is 3.91. The van der Waals surface area contributed by atoms with Crippen molar-refractivity contribution < 1.29 is 9.53 Å². The summed E-state index contributed by atoms with van der Waals surface area (Å²) in [4.78, 5) is 44.2. The molecule has 0 aliphatic rings. The van der Waals surface area contributed by atoms with Gasteiger partial charge >= 0.3 is 5.69 Å². The molecule has 0 atom stereocenters. The summed E-state index contributed by atoms with van der Waals surface area (Å²) in [5, 5.41) is 3.02. The smallest absolute Gasteiger partial charge is 0.337 e. The third-order valence-corrected chi connectivity index (χ3v) is 5.35. The van der Waals surface area contributed by atoms with E-state index < -0.39 is 23.7 Å². The van der Waals surface area contributed by atoms with Crippen LogP contribution in [0.25, 0.3) is 16.7 Å². The monoisotopic (exact) mass is 444 g/mol. The molecule has 0 saturated carbocycles. The Morgan fingerprint density at radius 2 is 1.79 bits per heavy atom. The molecule has 0 saturated heterocycles. The zero-order chi connectivity index (χ0) is 23.7. The molecule has 1 amide bonds. The van der Waals surface area contributed by atoms with E-state index in [4.69, 9.17) is 4.74 Å². The minimum Gasteiger partial charge on any atom is -0.495 e. The number of fused-ring (bicyclic) bond motifs is 1. The highest BCUT2D eigenvalue weighted by molar-refractivity contribution is 5.91. The van der Waals surface area contributed by atoms with Crippen LogP contribution in [0.2, 0.25) is 0 Å². The zero-order valence-corrected chi connectivity index (χ0v) is 18.9. The van der Waals surface area contributed by atoms with Gasteiger partial charge in [-0.25, -0.2) is 18.9 Å². The van der Waals surface area contributed by atoms with E-state index in [2.05, 4.69) is 10.3 Å². The summed E-state index contributed by atoms with van der Waals surface area (Å²) >= 11 is 0. The maximum absolute atomic E-state index is 13.6. The number of amides is 1. The lowest BCUT2D eigenvalue weighted by molar-refractivity contribution is -0.116. The summed E-state index contributed by atoms with van der Waals surface area (Å²) in [6.07, 6.45) is 0. The van der Waals surface area contributed by atoms with Crippen LogP contribution in [0.1, 0.15) is 16.8 Å². The predicted molar refractivity (Wildman–Crippen MR) is 127 cm³/mol. The molecule has 0 bridgehead atoms. The second kappa shape index (κ2) is 8.74. The number of nitrogens with zero attached hydrogens (tertiary/aromatic N) is 3. The van der Waals surface area contributed by atoms with Gasteiger partial charge in [0.25, 0.3) is 5.56 Å². The number of para-hydroxylation sites is 2. The van der Waals surface area contributed by atoms with E-state index in [1.807, 2.05) is 25.1 Å². The van der Waals surface area contributed by atoms with Gasteiger partial charge in [0.1, 0.15) is 12.3 Å². The third kappa shape index (κ3) is 4.15. The number of aromatic nitrogens is 3. The average molecular weight is 444 g/mol. The van der Waals surface area contributed by atoms with Crippen LogP contribution < -0.4 is 21.3 Å². The molecule has 0 aliphatic carbocycles. The lowest BCUT2D eigenvalue weighted by atomic mass is 10.1. The molecule has 4 aromatic rings. The molecule has 8 nitrogen and oxygen atoms in total. The fourth-order valence-electron chi connectivity index (χ4n) is 3.91. The molecule has 2 aromatic carbocycles. The number of hydrogen-bond donors (Lipinski definition) is 1. The Morgan fingerprint density at radius 3 is 2.52 bits per heavy atom. The van der Waals surface area contributed by atoms with Crippen molar-refractivity contribution in [1.29, 1.82) is 0 Å². The first kappa shape index (κ1) is 22.0. The van der Waals surface area contributed by atoms with Crippen molar-refractivity contribution in [2.75, 3.05) is 12.4 Å². The SMILES string of the molecule is COc1ccccc1-n1c(=O)n(CC(=O)Nc2cccc(C)c2)c(=O)c2c(C)cc(C)nc21. The number of carbonyl (C=O) groups is 1. The van der Waals surface area contributed by atoms with E-state index in [9.17, 15) is 14.4 Å². The maximum atomic E-state index is 13.6. The van der Waals surface area contributed by atoms with Crippen LogP contribution >= 0.6 is 0 Å². The molecule has 0 spiro atoms. The lowest BCUT2D eigenvalue weighted by Gasteiger charge is -2.17. The van der Waals surface area contributed by atoms with E-state index in [0.717, 1.165) is 10.1 Å². The van der Waals surface area contributed by atoms with Crippen molar-refractivity contribution in [3.63, 3.8) is 0 Å². The number of aryl methyl sites for hydroxylation is 3. The Bertz CT molecular complexity index is 1500. The maximum Gasteiger partial charge on any atom is 0.337 e. The minimum atomic E-state index is -0.672. The van der Waals surface area contributed by atoms with Gasteiger partial charge in [-0.3, -0.25) is 9.59 Å². The number of benzene rings is 2. The van der Waals surface area contributed by atoms with Crippen molar-refractivity contribution in [2.45, 2.75) is 27.3 Å². The molecular formula is C25H24N4O4. The first-order valence-electron chi connectivity index (χ1n) is 10.4. The number of methoxy groups -OCH3 is 1. The topological polar surface area (TPSA) is 95.2 Å². The quantitative estimate of drug-likeness (QED) is 0.510. The van der Waals surface area contributed by atoms with E-state index in [1.54, 1.807) is 50.2 Å². The normalized spacial score (nSPS) is 10.9. The molecule has 4 rings (SSSR count). The fraction of sp³-hybridized carbons (Fsp3) is 0.200. The summed E-state index contributed by atoms with van der Waals surface area (Å²) in [6.45, 7) is 5.05. The summed E-state index contributed by atoms with van der Waals surface area (Å²) in [5.74, 6) is -0.0419. The number of nitrogens with one attached hydrogen (secondary N) is 1. The first-order valence-corrected chi connectivity index (χ1v) is 10.4. The van der Waals surface area contributed by atoms with Gasteiger partial charge in [0.2, 0.25) is 5.91 Å². The molecule has 0 radical (unpaired) electrons. The van der Waals surface area contributed by atoms with Gasteiger partial charge < -0.3 is 10.1 Å². The number of rotatable bonds is 5. The van der Waals surface area contributed by atoms with E-state index in [-0.39, 0.29) is 11.0 Å². The van der Waals surface area contributed by atoms with E-state index in [1.165, 1.54) is 11.7 Å². The van der Waals surface area contributed by atoms with Gasteiger partial charge in [0.05, 0.1) is 18.2 Å². The van der Waals surface area contributed by atoms with Crippen LogP contribution in [-0.4, -0.2) is 27.1 Å². The van der Waals surface area contributed by atoms with Gasteiger partial charge in [-0.2, -0.15) is 0 Å². The molecule has 0 fully saturated rings. The van der Waals surface area contributed by atoms with Crippen molar-refractivity contribution in [1.82, 2.24) is 14.1 Å². The molecule has 33 heavy (non-hydrogen) atoms. The average Bonchev–Trinajstić information content (AvgIpc) is 2.76. The first-order chi connectivity index (χ1) is 15.8. The second-order valence-corrected chi connectivity index (χ2v) is 7.88. The number of ether oxygens (including phenoxy) is 1. The Morgan fingerprint density at radius 1 is 1.03 bits per heavy atom. The van der Waals surface area contributed by atoms with Gasteiger partial charge in [0, 0.05) is 11.4 Å². The van der Waals surface area contributed by atoms with E-state index in [0.29, 0.717) is 28.4 Å². The highest BCUT2D eigenvalue weighted by Gasteiger charge is 2.21. The summed E-state index contributed by atoms with van der Waals surface area (Å²) in [6, 6.07) is 16.0. The Hall–Kier alpha value is -4.20. The minimum absolute atomic E-state index is 0.224. The van der Waals surface area contributed by atoms with Crippen LogP contribution in [0.4, 0.5) is 5.69 Å². The predicted octanol–water partition coefficient (Wildman–Crippen LogP) is 3.12. The van der Waals surface area contributed by atoms with Crippen LogP contribution in [0.5, 0.6) is 5.75 Å². The lowest BCUT2D eigenvalue weighted by Crippen LogP contribution is -2.42. The van der Waals surface area contributed by atoms with E-state index >= 15 is 0 Å².